The molecule has 160 valence electrons. The van der Waals surface area contributed by atoms with Gasteiger partial charge in [-0.05, 0) is 100 Å². The van der Waals surface area contributed by atoms with Gasteiger partial charge in [-0.2, -0.15) is 0 Å². The van der Waals surface area contributed by atoms with Crippen molar-refractivity contribution in [2.45, 2.75) is 89.8 Å². The zero-order valence-electron chi connectivity index (χ0n) is 18.0. The van der Waals surface area contributed by atoms with Crippen LogP contribution in [0.3, 0.4) is 0 Å². The van der Waals surface area contributed by atoms with Crippen LogP contribution in [0.1, 0.15) is 78.1 Å². The van der Waals surface area contributed by atoms with E-state index >= 15 is 0 Å². The van der Waals surface area contributed by atoms with Gasteiger partial charge in [-0.3, -0.25) is 4.79 Å². The monoisotopic (exact) mass is 400 g/mol. The molecule has 8 atom stereocenters. The third-order valence-corrected chi connectivity index (χ3v) is 9.39. The molecule has 5 aliphatic rings. The van der Waals surface area contributed by atoms with Crippen LogP contribution in [0.4, 0.5) is 0 Å². The molecular weight excluding hydrogens is 364 g/mol. The minimum atomic E-state index is -0.250. The Bertz CT molecular complexity index is 706. The molecule has 0 spiro atoms. The molecule has 0 saturated heterocycles. The van der Waals surface area contributed by atoms with Gasteiger partial charge in [0.25, 0.3) is 0 Å². The fraction of sp³-hybridized carbons (Fsp3) is 0.840. The van der Waals surface area contributed by atoms with E-state index in [9.17, 15) is 9.59 Å². The van der Waals surface area contributed by atoms with Gasteiger partial charge < -0.3 is 9.47 Å². The second-order valence-corrected chi connectivity index (χ2v) is 10.8. The van der Waals surface area contributed by atoms with Gasteiger partial charge in [-0.25, -0.2) is 4.79 Å². The summed E-state index contributed by atoms with van der Waals surface area (Å²) in [6.07, 6.45) is 11.1. The highest BCUT2D eigenvalue weighted by Crippen LogP contribution is 2.69. The molecule has 4 heteroatoms. The first-order valence-electron chi connectivity index (χ1n) is 12.0. The highest BCUT2D eigenvalue weighted by Gasteiger charge is 2.66. The number of hydrogen-bond acceptors (Lipinski definition) is 4. The van der Waals surface area contributed by atoms with Gasteiger partial charge in [0.1, 0.15) is 11.7 Å². The van der Waals surface area contributed by atoms with Crippen molar-refractivity contribution in [1.82, 2.24) is 0 Å². The van der Waals surface area contributed by atoms with Gasteiger partial charge in [-0.1, -0.05) is 19.9 Å². The summed E-state index contributed by atoms with van der Waals surface area (Å²) in [5, 5.41) is 0. The van der Waals surface area contributed by atoms with E-state index in [2.05, 4.69) is 13.5 Å². The summed E-state index contributed by atoms with van der Waals surface area (Å²) in [5.41, 5.74) is 0.279. The number of carbonyl (C=O) groups is 2. The van der Waals surface area contributed by atoms with Crippen LogP contribution >= 0.6 is 0 Å². The van der Waals surface area contributed by atoms with Crippen molar-refractivity contribution in [3.05, 3.63) is 12.2 Å². The Morgan fingerprint density at radius 1 is 0.966 bits per heavy atom. The molecule has 0 aromatic rings. The molecule has 0 heterocycles. The molecule has 0 aromatic heterocycles. The molecule has 0 radical (unpaired) electrons. The lowest BCUT2D eigenvalue weighted by atomic mass is 9.66. The maximum atomic E-state index is 13.3. The van der Waals surface area contributed by atoms with Gasteiger partial charge in [-0.15, -0.1) is 0 Å². The summed E-state index contributed by atoms with van der Waals surface area (Å²) >= 11 is 0. The molecule has 5 saturated carbocycles. The Hall–Kier alpha value is -1.32. The van der Waals surface area contributed by atoms with E-state index in [0.29, 0.717) is 35.2 Å². The van der Waals surface area contributed by atoms with Crippen molar-refractivity contribution >= 4 is 11.9 Å². The number of carbonyl (C=O) groups excluding carboxylic acids is 2. The highest BCUT2D eigenvalue weighted by atomic mass is 16.6. The first kappa shape index (κ1) is 19.6. The predicted molar refractivity (Wildman–Crippen MR) is 110 cm³/mol. The van der Waals surface area contributed by atoms with Crippen LogP contribution in [0.15, 0.2) is 12.2 Å². The smallest absolute Gasteiger partial charge is 0.333 e. The van der Waals surface area contributed by atoms with Gasteiger partial charge >= 0.3 is 11.9 Å². The number of ether oxygens (including phenoxy) is 2. The van der Waals surface area contributed by atoms with Gasteiger partial charge in [0.2, 0.25) is 0 Å². The average molecular weight is 401 g/mol. The van der Waals surface area contributed by atoms with E-state index in [-0.39, 0.29) is 29.6 Å². The largest absolute Gasteiger partial charge is 0.459 e. The van der Waals surface area contributed by atoms with Gasteiger partial charge in [0.05, 0.1) is 5.92 Å². The lowest BCUT2D eigenvalue weighted by Gasteiger charge is -2.42. The van der Waals surface area contributed by atoms with Crippen molar-refractivity contribution in [1.29, 1.82) is 0 Å². The van der Waals surface area contributed by atoms with Crippen LogP contribution in [-0.4, -0.2) is 23.6 Å². The number of fused-ring (bicyclic) bond motifs is 9. The molecule has 0 N–H and O–H groups in total. The van der Waals surface area contributed by atoms with Crippen LogP contribution in [-0.2, 0) is 19.1 Å². The van der Waals surface area contributed by atoms with Crippen molar-refractivity contribution in [3.8, 4) is 0 Å². The summed E-state index contributed by atoms with van der Waals surface area (Å²) in [7, 11) is 0. The Labute approximate surface area is 174 Å². The first-order chi connectivity index (χ1) is 13.9. The molecule has 29 heavy (non-hydrogen) atoms. The van der Waals surface area contributed by atoms with Crippen LogP contribution in [0.25, 0.3) is 0 Å². The normalized spacial score (nSPS) is 43.8. The molecule has 0 aliphatic heterocycles. The lowest BCUT2D eigenvalue weighted by molar-refractivity contribution is -0.174. The average Bonchev–Trinajstić information content (AvgIpc) is 3.47. The maximum absolute atomic E-state index is 13.3. The minimum absolute atomic E-state index is 0.0294. The minimum Gasteiger partial charge on any atom is -0.459 e. The molecule has 4 bridgehead atoms. The van der Waals surface area contributed by atoms with Crippen molar-refractivity contribution < 1.29 is 19.1 Å². The van der Waals surface area contributed by atoms with Crippen LogP contribution in [0.5, 0.6) is 0 Å². The zero-order valence-corrected chi connectivity index (χ0v) is 18.0. The maximum Gasteiger partial charge on any atom is 0.333 e. The number of hydrogen-bond donors (Lipinski definition) is 0. The van der Waals surface area contributed by atoms with Crippen LogP contribution in [0, 0.1) is 41.4 Å². The standard InChI is InChI=1S/C25H36O4/c1-4-25(8-6-5-7-9-25)29-24(27)18-11-15-10-17(18)22-19-12-16(21(15)22)13-20(19)28-23(26)14(2)3/h15-22H,2,4-13H2,1,3H3. The topological polar surface area (TPSA) is 52.6 Å². The van der Waals surface area contributed by atoms with Crippen molar-refractivity contribution in [2.24, 2.45) is 41.4 Å². The zero-order chi connectivity index (χ0) is 20.3. The van der Waals surface area contributed by atoms with E-state index in [1.54, 1.807) is 6.92 Å². The Balaban J connectivity index is 1.28. The van der Waals surface area contributed by atoms with Gasteiger partial charge in [0, 0.05) is 5.57 Å². The summed E-state index contributed by atoms with van der Waals surface area (Å²) < 4.78 is 12.1. The SMILES string of the molecule is C=C(C)C(=O)OC1CC2CC1C1C3CC(CC3C(=O)OC3(CC)CCCCC3)C21. The number of esters is 2. The van der Waals surface area contributed by atoms with Crippen molar-refractivity contribution in [3.63, 3.8) is 0 Å². The fourth-order valence-corrected chi connectivity index (χ4v) is 8.20. The van der Waals surface area contributed by atoms with Gasteiger partial charge in [0.15, 0.2) is 0 Å². The van der Waals surface area contributed by atoms with Crippen LogP contribution in [0.2, 0.25) is 0 Å². The molecule has 5 aliphatic carbocycles. The highest BCUT2D eigenvalue weighted by molar-refractivity contribution is 5.87. The van der Waals surface area contributed by atoms with E-state index < -0.39 is 0 Å². The predicted octanol–water partition coefficient (Wildman–Crippen LogP) is 5.06. The van der Waals surface area contributed by atoms with E-state index in [0.717, 1.165) is 38.0 Å². The first-order valence-corrected chi connectivity index (χ1v) is 12.0. The Morgan fingerprint density at radius 3 is 2.34 bits per heavy atom. The lowest BCUT2D eigenvalue weighted by Crippen LogP contribution is -2.44. The summed E-state index contributed by atoms with van der Waals surface area (Å²) in [4.78, 5) is 25.4. The number of rotatable bonds is 5. The second-order valence-electron chi connectivity index (χ2n) is 10.8. The molecule has 0 amide bonds. The van der Waals surface area contributed by atoms with E-state index in [1.807, 2.05) is 0 Å². The molecule has 0 aromatic carbocycles. The van der Waals surface area contributed by atoms with Crippen LogP contribution < -0.4 is 0 Å². The van der Waals surface area contributed by atoms with E-state index in [1.165, 1.54) is 32.1 Å². The second kappa shape index (κ2) is 7.13. The molecule has 5 rings (SSSR count). The third kappa shape index (κ3) is 3.08. The molecule has 8 unspecified atom stereocenters. The summed E-state index contributed by atoms with van der Waals surface area (Å²) in [6.45, 7) is 7.62. The fourth-order valence-electron chi connectivity index (χ4n) is 8.20. The Morgan fingerprint density at radius 2 is 1.66 bits per heavy atom. The molecule has 4 nitrogen and oxygen atoms in total. The van der Waals surface area contributed by atoms with Crippen molar-refractivity contribution in [2.75, 3.05) is 0 Å². The molecular formula is C25H36O4. The Kier molecular flexibility index (Phi) is 4.83. The summed E-state index contributed by atoms with van der Waals surface area (Å²) in [5.74, 6) is 3.45. The quantitative estimate of drug-likeness (QED) is 0.368. The van der Waals surface area contributed by atoms with E-state index in [4.69, 9.17) is 9.47 Å². The third-order valence-electron chi connectivity index (χ3n) is 9.39. The summed E-state index contributed by atoms with van der Waals surface area (Å²) in [6, 6.07) is 0. The molecule has 5 fully saturated rings.